The largest absolute Gasteiger partial charge is 0.314 e. The second-order valence-electron chi connectivity index (χ2n) is 5.57. The van der Waals surface area contributed by atoms with Gasteiger partial charge in [-0.05, 0) is 37.8 Å². The highest BCUT2D eigenvalue weighted by Crippen LogP contribution is 2.08. The van der Waals surface area contributed by atoms with Crippen molar-refractivity contribution in [2.75, 3.05) is 6.54 Å². The van der Waals surface area contributed by atoms with Crippen molar-refractivity contribution in [3.8, 4) is 0 Å². The third kappa shape index (κ3) is 3.24. The lowest BCUT2D eigenvalue weighted by atomic mass is 10.0. The third-order valence-corrected chi connectivity index (χ3v) is 3.73. The molecule has 1 heterocycles. The number of pyridine rings is 1. The highest BCUT2D eigenvalue weighted by molar-refractivity contribution is 5.81. The maximum absolute atomic E-state index is 12.3. The Morgan fingerprint density at radius 1 is 1.21 bits per heavy atom. The van der Waals surface area contributed by atoms with Crippen LogP contribution in [0.2, 0.25) is 0 Å². The van der Waals surface area contributed by atoms with Crippen molar-refractivity contribution >= 4 is 10.8 Å². The Morgan fingerprint density at radius 3 is 2.68 bits per heavy atom. The van der Waals surface area contributed by atoms with Gasteiger partial charge in [0.15, 0.2) is 0 Å². The van der Waals surface area contributed by atoms with Crippen molar-refractivity contribution < 1.29 is 0 Å². The first-order valence-corrected chi connectivity index (χ1v) is 6.87. The molecule has 1 N–H and O–H groups in total. The monoisotopic (exact) mass is 258 g/mol. The summed E-state index contributed by atoms with van der Waals surface area (Å²) < 4.78 is 1.78. The van der Waals surface area contributed by atoms with Crippen molar-refractivity contribution in [1.82, 2.24) is 9.88 Å². The van der Waals surface area contributed by atoms with Gasteiger partial charge in [0, 0.05) is 30.2 Å². The van der Waals surface area contributed by atoms with E-state index < -0.39 is 0 Å². The molecule has 2 rings (SSSR count). The molecule has 0 bridgehead atoms. The van der Waals surface area contributed by atoms with Crippen LogP contribution in [0, 0.1) is 0 Å². The van der Waals surface area contributed by atoms with Crippen LogP contribution in [0.5, 0.6) is 0 Å². The molecular formula is C16H22N2O. The average molecular weight is 258 g/mol. The van der Waals surface area contributed by atoms with E-state index in [0.717, 1.165) is 23.7 Å². The van der Waals surface area contributed by atoms with E-state index in [0.29, 0.717) is 6.54 Å². The topological polar surface area (TPSA) is 34.0 Å². The fraction of sp³-hybridized carbons (Fsp3) is 0.438. The van der Waals surface area contributed by atoms with Crippen LogP contribution in [0.1, 0.15) is 27.2 Å². The van der Waals surface area contributed by atoms with Crippen LogP contribution >= 0.6 is 0 Å². The van der Waals surface area contributed by atoms with Crippen molar-refractivity contribution in [2.24, 2.45) is 0 Å². The lowest BCUT2D eigenvalue weighted by molar-refractivity contribution is 0.367. The average Bonchev–Trinajstić information content (AvgIpc) is 2.42. The number of nitrogens with one attached hydrogen (secondary N) is 1. The molecule has 102 valence electrons. The maximum atomic E-state index is 12.3. The molecule has 0 aliphatic heterocycles. The lowest BCUT2D eigenvalue weighted by Crippen LogP contribution is -2.41. The summed E-state index contributed by atoms with van der Waals surface area (Å²) in [6.45, 7) is 8.02. The molecule has 0 aliphatic rings. The van der Waals surface area contributed by atoms with Crippen LogP contribution in [-0.2, 0) is 6.54 Å². The van der Waals surface area contributed by atoms with Gasteiger partial charge in [-0.1, -0.05) is 25.1 Å². The van der Waals surface area contributed by atoms with Crippen LogP contribution in [-0.4, -0.2) is 16.7 Å². The molecule has 0 radical (unpaired) electrons. The van der Waals surface area contributed by atoms with E-state index >= 15 is 0 Å². The fourth-order valence-corrected chi connectivity index (χ4v) is 2.05. The molecule has 2 aromatic rings. The summed E-state index contributed by atoms with van der Waals surface area (Å²) in [6, 6.07) is 9.72. The van der Waals surface area contributed by atoms with Crippen LogP contribution < -0.4 is 10.9 Å². The first-order valence-electron chi connectivity index (χ1n) is 6.87. The van der Waals surface area contributed by atoms with Gasteiger partial charge in [0.2, 0.25) is 0 Å². The van der Waals surface area contributed by atoms with Gasteiger partial charge in [0.1, 0.15) is 0 Å². The van der Waals surface area contributed by atoms with E-state index in [1.807, 2.05) is 36.5 Å². The molecular weight excluding hydrogens is 236 g/mol. The fourth-order valence-electron chi connectivity index (χ4n) is 2.05. The van der Waals surface area contributed by atoms with Crippen molar-refractivity contribution in [3.63, 3.8) is 0 Å². The summed E-state index contributed by atoms with van der Waals surface area (Å²) in [4.78, 5) is 12.3. The molecule has 0 fully saturated rings. The minimum atomic E-state index is 0.0919. The van der Waals surface area contributed by atoms with E-state index in [1.54, 1.807) is 4.57 Å². The molecule has 1 aromatic carbocycles. The molecule has 19 heavy (non-hydrogen) atoms. The molecule has 0 saturated carbocycles. The van der Waals surface area contributed by atoms with Crippen LogP contribution in [0.25, 0.3) is 10.8 Å². The van der Waals surface area contributed by atoms with E-state index in [4.69, 9.17) is 0 Å². The number of fused-ring (bicyclic) bond motifs is 1. The summed E-state index contributed by atoms with van der Waals surface area (Å²) in [5.74, 6) is 0. The number of rotatable bonds is 5. The van der Waals surface area contributed by atoms with E-state index in [2.05, 4.69) is 26.1 Å². The number of aromatic nitrogens is 1. The van der Waals surface area contributed by atoms with Gasteiger partial charge in [-0.25, -0.2) is 0 Å². The van der Waals surface area contributed by atoms with E-state index in [-0.39, 0.29) is 11.1 Å². The predicted molar refractivity (Wildman–Crippen MR) is 80.6 cm³/mol. The summed E-state index contributed by atoms with van der Waals surface area (Å²) in [6.07, 6.45) is 2.95. The number of nitrogens with zero attached hydrogens (tertiary/aromatic N) is 1. The summed E-state index contributed by atoms with van der Waals surface area (Å²) in [7, 11) is 0. The predicted octanol–water partition coefficient (Wildman–Crippen LogP) is 2.78. The van der Waals surface area contributed by atoms with Crippen LogP contribution in [0.3, 0.4) is 0 Å². The third-order valence-electron chi connectivity index (χ3n) is 3.73. The maximum Gasteiger partial charge on any atom is 0.258 e. The van der Waals surface area contributed by atoms with Crippen molar-refractivity contribution in [1.29, 1.82) is 0 Å². The highest BCUT2D eigenvalue weighted by Gasteiger charge is 2.13. The number of benzene rings is 1. The molecule has 0 saturated heterocycles. The number of hydrogen-bond acceptors (Lipinski definition) is 2. The molecule has 0 amide bonds. The zero-order chi connectivity index (χ0) is 13.9. The van der Waals surface area contributed by atoms with Gasteiger partial charge in [0.25, 0.3) is 5.56 Å². The summed E-state index contributed by atoms with van der Waals surface area (Å²) >= 11 is 0. The van der Waals surface area contributed by atoms with Gasteiger partial charge in [-0.2, -0.15) is 0 Å². The molecule has 0 atom stereocenters. The Bertz CT molecular complexity index is 613. The smallest absolute Gasteiger partial charge is 0.258 e. The second-order valence-corrected chi connectivity index (χ2v) is 5.57. The van der Waals surface area contributed by atoms with Crippen molar-refractivity contribution in [3.05, 3.63) is 46.9 Å². The lowest BCUT2D eigenvalue weighted by Gasteiger charge is -2.24. The Kier molecular flexibility index (Phi) is 4.05. The second kappa shape index (κ2) is 5.57. The SMILES string of the molecule is CCC(C)(C)NCCn1ccc2ccccc2c1=O. The van der Waals surface area contributed by atoms with Crippen molar-refractivity contribution in [2.45, 2.75) is 39.3 Å². The molecule has 3 nitrogen and oxygen atoms in total. The Balaban J connectivity index is 2.14. The van der Waals surface area contributed by atoms with Gasteiger partial charge >= 0.3 is 0 Å². The quantitative estimate of drug-likeness (QED) is 0.894. The molecule has 3 heteroatoms. The van der Waals surface area contributed by atoms with E-state index in [1.165, 1.54) is 0 Å². The standard InChI is InChI=1S/C16H22N2O/c1-4-16(2,3)17-10-12-18-11-9-13-7-5-6-8-14(13)15(18)19/h5-9,11,17H,4,10,12H2,1-3H3. The van der Waals surface area contributed by atoms with Crippen LogP contribution in [0.4, 0.5) is 0 Å². The van der Waals surface area contributed by atoms with Gasteiger partial charge in [-0.3, -0.25) is 4.79 Å². The zero-order valence-corrected chi connectivity index (χ0v) is 11.9. The number of hydrogen-bond donors (Lipinski definition) is 1. The van der Waals surface area contributed by atoms with Gasteiger partial charge in [-0.15, -0.1) is 0 Å². The molecule has 0 aliphatic carbocycles. The zero-order valence-electron chi connectivity index (χ0n) is 11.9. The van der Waals surface area contributed by atoms with E-state index in [9.17, 15) is 4.79 Å². The summed E-state index contributed by atoms with van der Waals surface area (Å²) in [5.41, 5.74) is 0.217. The molecule has 0 spiro atoms. The first kappa shape index (κ1) is 13.8. The minimum Gasteiger partial charge on any atom is -0.314 e. The Morgan fingerprint density at radius 2 is 1.95 bits per heavy atom. The van der Waals surface area contributed by atoms with Gasteiger partial charge < -0.3 is 9.88 Å². The summed E-state index contributed by atoms with van der Waals surface area (Å²) in [5, 5.41) is 5.27. The highest BCUT2D eigenvalue weighted by atomic mass is 16.1. The Labute approximate surface area is 114 Å². The normalized spacial score (nSPS) is 11.9. The molecule has 0 unspecified atom stereocenters. The Hall–Kier alpha value is -1.61. The minimum absolute atomic E-state index is 0.0919. The van der Waals surface area contributed by atoms with Crippen LogP contribution in [0.15, 0.2) is 41.3 Å². The first-order chi connectivity index (χ1) is 9.03. The van der Waals surface area contributed by atoms with Gasteiger partial charge in [0.05, 0.1) is 0 Å². The molecule has 1 aromatic heterocycles.